The van der Waals surface area contributed by atoms with Crippen LogP contribution in [0.15, 0.2) is 53.4 Å². The van der Waals surface area contributed by atoms with E-state index in [0.717, 1.165) is 37.7 Å². The van der Waals surface area contributed by atoms with Gasteiger partial charge in [0.2, 0.25) is 0 Å². The Morgan fingerprint density at radius 2 is 1.73 bits per heavy atom. The molecule has 5 heteroatoms. The molecule has 0 saturated carbocycles. The quantitative estimate of drug-likeness (QED) is 0.742. The second kappa shape index (κ2) is 5.94. The number of morpholine rings is 1. The summed E-state index contributed by atoms with van der Waals surface area (Å²) in [6, 6.07) is 12.8. The van der Waals surface area contributed by atoms with E-state index in [1.165, 1.54) is 11.3 Å². The van der Waals surface area contributed by atoms with Crippen LogP contribution in [0.5, 0.6) is 0 Å². The minimum atomic E-state index is 0.809. The summed E-state index contributed by atoms with van der Waals surface area (Å²) < 4.78 is 7.40. The normalized spacial score (nSPS) is 15.2. The first kappa shape index (κ1) is 13.5. The molecule has 0 radical (unpaired) electrons. The van der Waals surface area contributed by atoms with Crippen molar-refractivity contribution in [1.29, 1.82) is 0 Å². The summed E-state index contributed by atoms with van der Waals surface area (Å²) in [5, 5.41) is 8.71. The molecule has 1 aliphatic rings. The van der Waals surface area contributed by atoms with Crippen LogP contribution < -0.4 is 4.90 Å². The maximum atomic E-state index is 5.41. The number of aromatic nitrogens is 2. The maximum absolute atomic E-state index is 5.41. The average molecular weight is 311 g/mol. The van der Waals surface area contributed by atoms with Gasteiger partial charge in [-0.3, -0.25) is 0 Å². The molecule has 3 aromatic rings. The van der Waals surface area contributed by atoms with E-state index in [1.54, 1.807) is 11.3 Å². The van der Waals surface area contributed by atoms with E-state index in [-0.39, 0.29) is 0 Å². The fraction of sp³-hybridized carbons (Fsp3) is 0.235. The molecule has 0 N–H and O–H groups in total. The van der Waals surface area contributed by atoms with Crippen molar-refractivity contribution in [2.24, 2.45) is 0 Å². The molecular formula is C17H17N3OS. The van der Waals surface area contributed by atoms with Crippen LogP contribution in [-0.2, 0) is 4.74 Å². The lowest BCUT2D eigenvalue weighted by Gasteiger charge is -2.28. The number of hydrogen-bond acceptors (Lipinski definition) is 4. The van der Waals surface area contributed by atoms with Gasteiger partial charge >= 0.3 is 0 Å². The predicted octanol–water partition coefficient (Wildman–Crippen LogP) is 3.44. The molecule has 0 unspecified atom stereocenters. The zero-order chi connectivity index (χ0) is 14.8. The smallest absolute Gasteiger partial charge is 0.0749 e. The summed E-state index contributed by atoms with van der Waals surface area (Å²) in [5.74, 6) is 0. The Balaban J connectivity index is 1.63. The summed E-state index contributed by atoms with van der Waals surface area (Å²) in [4.78, 5) is 2.36. The van der Waals surface area contributed by atoms with Gasteiger partial charge in [0.1, 0.15) is 0 Å². The molecule has 1 saturated heterocycles. The van der Waals surface area contributed by atoms with E-state index in [2.05, 4.69) is 57.2 Å². The topological polar surface area (TPSA) is 30.3 Å². The Bertz CT molecular complexity index is 728. The van der Waals surface area contributed by atoms with Crippen molar-refractivity contribution in [3.8, 4) is 16.9 Å². The molecule has 2 aromatic heterocycles. The van der Waals surface area contributed by atoms with E-state index in [4.69, 9.17) is 4.74 Å². The zero-order valence-corrected chi connectivity index (χ0v) is 13.0. The Morgan fingerprint density at radius 3 is 2.45 bits per heavy atom. The monoisotopic (exact) mass is 311 g/mol. The SMILES string of the molecule is c1cc(-c2ccsc2)n(-c2ccc(N3CCOCC3)cc2)n1. The highest BCUT2D eigenvalue weighted by atomic mass is 32.1. The molecule has 0 aliphatic carbocycles. The van der Waals surface area contributed by atoms with Crippen molar-refractivity contribution in [3.63, 3.8) is 0 Å². The van der Waals surface area contributed by atoms with Gasteiger partial charge in [0, 0.05) is 29.7 Å². The molecule has 0 amide bonds. The molecule has 1 aliphatic heterocycles. The van der Waals surface area contributed by atoms with Crippen LogP contribution in [0, 0.1) is 0 Å². The van der Waals surface area contributed by atoms with Gasteiger partial charge in [-0.15, -0.1) is 0 Å². The van der Waals surface area contributed by atoms with Crippen molar-refractivity contribution in [1.82, 2.24) is 9.78 Å². The second-order valence-corrected chi connectivity index (χ2v) is 6.04. The number of hydrogen-bond donors (Lipinski definition) is 0. The molecule has 0 bridgehead atoms. The van der Waals surface area contributed by atoms with E-state index < -0.39 is 0 Å². The van der Waals surface area contributed by atoms with E-state index in [0.29, 0.717) is 0 Å². The van der Waals surface area contributed by atoms with Crippen LogP contribution in [0.25, 0.3) is 16.9 Å². The minimum absolute atomic E-state index is 0.809. The summed E-state index contributed by atoms with van der Waals surface area (Å²) in [6.07, 6.45) is 1.85. The molecular weight excluding hydrogens is 294 g/mol. The highest BCUT2D eigenvalue weighted by molar-refractivity contribution is 7.08. The molecule has 4 rings (SSSR count). The fourth-order valence-corrected chi connectivity index (χ4v) is 3.41. The Labute approximate surface area is 133 Å². The highest BCUT2D eigenvalue weighted by Crippen LogP contribution is 2.25. The number of nitrogens with zero attached hydrogens (tertiary/aromatic N) is 3. The third kappa shape index (κ3) is 2.53. The third-order valence-corrected chi connectivity index (χ3v) is 4.61. The first-order valence-electron chi connectivity index (χ1n) is 7.41. The van der Waals surface area contributed by atoms with Crippen LogP contribution in [-0.4, -0.2) is 36.1 Å². The van der Waals surface area contributed by atoms with Crippen molar-refractivity contribution in [2.75, 3.05) is 31.2 Å². The maximum Gasteiger partial charge on any atom is 0.0749 e. The van der Waals surface area contributed by atoms with Crippen molar-refractivity contribution in [3.05, 3.63) is 53.4 Å². The lowest BCUT2D eigenvalue weighted by Crippen LogP contribution is -2.36. The largest absolute Gasteiger partial charge is 0.378 e. The Morgan fingerprint density at radius 1 is 0.955 bits per heavy atom. The van der Waals surface area contributed by atoms with E-state index >= 15 is 0 Å². The van der Waals surface area contributed by atoms with Gasteiger partial charge in [0.15, 0.2) is 0 Å². The summed E-state index contributed by atoms with van der Waals surface area (Å²) in [5.41, 5.74) is 4.67. The third-order valence-electron chi connectivity index (χ3n) is 3.93. The van der Waals surface area contributed by atoms with Gasteiger partial charge in [-0.2, -0.15) is 16.4 Å². The van der Waals surface area contributed by atoms with Crippen molar-refractivity contribution >= 4 is 17.0 Å². The van der Waals surface area contributed by atoms with E-state index in [9.17, 15) is 0 Å². The fourth-order valence-electron chi connectivity index (χ4n) is 2.76. The lowest BCUT2D eigenvalue weighted by atomic mass is 10.2. The van der Waals surface area contributed by atoms with Crippen LogP contribution in [0.4, 0.5) is 5.69 Å². The summed E-state index contributed by atoms with van der Waals surface area (Å²) in [6.45, 7) is 3.54. The molecule has 0 atom stereocenters. The standard InChI is InChI=1S/C17H17N3OS/c1-3-16(4-2-15(1)19-8-10-21-11-9-19)20-17(5-7-18-20)14-6-12-22-13-14/h1-7,12-13H,8-11H2. The van der Waals surface area contributed by atoms with Crippen LogP contribution in [0.3, 0.4) is 0 Å². The minimum Gasteiger partial charge on any atom is -0.378 e. The van der Waals surface area contributed by atoms with Gasteiger partial charge in [-0.25, -0.2) is 4.68 Å². The molecule has 4 nitrogen and oxygen atoms in total. The summed E-state index contributed by atoms with van der Waals surface area (Å²) >= 11 is 1.70. The molecule has 3 heterocycles. The van der Waals surface area contributed by atoms with Crippen molar-refractivity contribution in [2.45, 2.75) is 0 Å². The van der Waals surface area contributed by atoms with E-state index in [1.807, 2.05) is 10.9 Å². The van der Waals surface area contributed by atoms with Gasteiger partial charge < -0.3 is 9.64 Å². The number of benzene rings is 1. The molecule has 22 heavy (non-hydrogen) atoms. The lowest BCUT2D eigenvalue weighted by molar-refractivity contribution is 0.122. The van der Waals surface area contributed by atoms with Crippen molar-refractivity contribution < 1.29 is 4.74 Å². The number of anilines is 1. The number of rotatable bonds is 3. The van der Waals surface area contributed by atoms with Crippen LogP contribution in [0.2, 0.25) is 0 Å². The first-order chi connectivity index (χ1) is 10.9. The Hall–Kier alpha value is -2.11. The molecule has 0 spiro atoms. The predicted molar refractivity (Wildman–Crippen MR) is 89.9 cm³/mol. The van der Waals surface area contributed by atoms with Crippen LogP contribution in [0.1, 0.15) is 0 Å². The molecule has 1 fully saturated rings. The second-order valence-electron chi connectivity index (χ2n) is 5.26. The Kier molecular flexibility index (Phi) is 3.66. The van der Waals surface area contributed by atoms with Crippen LogP contribution >= 0.6 is 11.3 Å². The molecule has 112 valence electrons. The van der Waals surface area contributed by atoms with Gasteiger partial charge in [-0.05, 0) is 41.8 Å². The summed E-state index contributed by atoms with van der Waals surface area (Å²) in [7, 11) is 0. The zero-order valence-electron chi connectivity index (χ0n) is 12.2. The highest BCUT2D eigenvalue weighted by Gasteiger charge is 2.12. The first-order valence-corrected chi connectivity index (χ1v) is 8.36. The van der Waals surface area contributed by atoms with Gasteiger partial charge in [0.25, 0.3) is 0 Å². The molecule has 1 aromatic carbocycles. The van der Waals surface area contributed by atoms with Gasteiger partial charge in [0.05, 0.1) is 30.8 Å². The average Bonchev–Trinajstić information content (AvgIpc) is 3.27. The number of ether oxygens (including phenoxy) is 1. The van der Waals surface area contributed by atoms with Gasteiger partial charge in [-0.1, -0.05) is 0 Å². The number of thiophene rings is 1.